The van der Waals surface area contributed by atoms with Gasteiger partial charge in [-0.15, -0.1) is 0 Å². The average Bonchev–Trinajstić information content (AvgIpc) is 2.38. The monoisotopic (exact) mass is 279 g/mol. The van der Waals surface area contributed by atoms with E-state index in [1.54, 1.807) is 0 Å². The zero-order valence-electron chi connectivity index (χ0n) is 10.5. The fraction of sp³-hybridized carbons (Fsp3) is 0.143. The van der Waals surface area contributed by atoms with Crippen molar-refractivity contribution in [3.05, 3.63) is 52.3 Å². The zero-order valence-corrected chi connectivity index (χ0v) is 11.3. The molecule has 2 rings (SSSR count). The Morgan fingerprint density at radius 2 is 1.79 bits per heavy atom. The minimum Gasteiger partial charge on any atom is -0.397 e. The molecule has 0 unspecified atom stereocenters. The Balaban J connectivity index is 2.20. The largest absolute Gasteiger partial charge is 0.397 e. The van der Waals surface area contributed by atoms with E-state index < -0.39 is 5.82 Å². The molecule has 100 valence electrons. The maximum Gasteiger partial charge on any atom is 0.169 e. The minimum absolute atomic E-state index is 0.111. The number of benzene rings is 2. The van der Waals surface area contributed by atoms with Crippen LogP contribution in [0, 0.1) is 12.7 Å². The van der Waals surface area contributed by atoms with E-state index in [0.29, 0.717) is 6.54 Å². The third kappa shape index (κ3) is 2.90. The van der Waals surface area contributed by atoms with Crippen LogP contribution in [0.5, 0.6) is 0 Å². The van der Waals surface area contributed by atoms with Gasteiger partial charge in [0.2, 0.25) is 0 Å². The molecule has 3 nitrogen and oxygen atoms in total. The third-order valence-electron chi connectivity index (χ3n) is 2.86. The fourth-order valence-corrected chi connectivity index (χ4v) is 1.89. The van der Waals surface area contributed by atoms with E-state index in [2.05, 4.69) is 5.32 Å². The molecule has 0 aliphatic rings. The van der Waals surface area contributed by atoms with Gasteiger partial charge in [-0.05, 0) is 18.6 Å². The summed E-state index contributed by atoms with van der Waals surface area (Å²) in [7, 11) is 0. The Morgan fingerprint density at radius 1 is 1.16 bits per heavy atom. The molecule has 0 spiro atoms. The Labute approximate surface area is 116 Å². The Morgan fingerprint density at radius 3 is 2.42 bits per heavy atom. The molecule has 0 atom stereocenters. The van der Waals surface area contributed by atoms with Gasteiger partial charge in [0, 0.05) is 6.54 Å². The number of nitrogens with two attached hydrogens (primary N) is 2. The van der Waals surface area contributed by atoms with Gasteiger partial charge < -0.3 is 16.8 Å². The number of rotatable bonds is 3. The summed E-state index contributed by atoms with van der Waals surface area (Å²) in [5, 5.41) is 2.83. The van der Waals surface area contributed by atoms with Crippen LogP contribution < -0.4 is 16.8 Å². The van der Waals surface area contributed by atoms with Crippen LogP contribution in [0.3, 0.4) is 0 Å². The first-order chi connectivity index (χ1) is 8.99. The number of halogens is 2. The number of hydrogen-bond donors (Lipinski definition) is 3. The van der Waals surface area contributed by atoms with Gasteiger partial charge in [-0.25, -0.2) is 4.39 Å². The first-order valence-corrected chi connectivity index (χ1v) is 6.19. The lowest BCUT2D eigenvalue weighted by Crippen LogP contribution is -2.06. The van der Waals surface area contributed by atoms with E-state index in [1.807, 2.05) is 31.2 Å². The number of aryl methyl sites for hydroxylation is 1. The molecule has 0 saturated carbocycles. The highest BCUT2D eigenvalue weighted by molar-refractivity contribution is 6.33. The van der Waals surface area contributed by atoms with Crippen molar-refractivity contribution in [3.8, 4) is 0 Å². The van der Waals surface area contributed by atoms with Gasteiger partial charge in [-0.2, -0.15) is 0 Å². The summed E-state index contributed by atoms with van der Waals surface area (Å²) in [6.45, 7) is 2.47. The molecule has 0 aliphatic heterocycles. The average molecular weight is 280 g/mol. The van der Waals surface area contributed by atoms with Crippen molar-refractivity contribution in [1.82, 2.24) is 0 Å². The minimum atomic E-state index is -0.619. The predicted octanol–water partition coefficient (Wildman–Crippen LogP) is 3.56. The third-order valence-corrected chi connectivity index (χ3v) is 3.24. The van der Waals surface area contributed by atoms with Gasteiger partial charge in [0.05, 0.1) is 17.1 Å². The molecule has 0 bridgehead atoms. The summed E-state index contributed by atoms with van der Waals surface area (Å²) in [5.41, 5.74) is 14.0. The molecular weight excluding hydrogens is 265 g/mol. The van der Waals surface area contributed by atoms with Gasteiger partial charge in [-0.1, -0.05) is 41.4 Å². The number of hydrogen-bond acceptors (Lipinski definition) is 3. The Bertz CT molecular complexity index is 597. The number of nitrogens with one attached hydrogen (secondary N) is 1. The summed E-state index contributed by atoms with van der Waals surface area (Å²) < 4.78 is 13.9. The lowest BCUT2D eigenvalue weighted by Gasteiger charge is -2.13. The van der Waals surface area contributed by atoms with Crippen molar-refractivity contribution in [1.29, 1.82) is 0 Å². The van der Waals surface area contributed by atoms with Crippen molar-refractivity contribution in [2.45, 2.75) is 13.5 Å². The van der Waals surface area contributed by atoms with Crippen molar-refractivity contribution in [2.24, 2.45) is 0 Å². The highest BCUT2D eigenvalue weighted by Crippen LogP contribution is 2.33. The van der Waals surface area contributed by atoms with Crippen molar-refractivity contribution < 1.29 is 4.39 Å². The van der Waals surface area contributed by atoms with E-state index in [-0.39, 0.29) is 22.1 Å². The molecule has 0 aromatic heterocycles. The fourth-order valence-electron chi connectivity index (χ4n) is 1.74. The molecule has 0 fully saturated rings. The van der Waals surface area contributed by atoms with Gasteiger partial charge in [0.15, 0.2) is 5.82 Å². The van der Waals surface area contributed by atoms with Crippen molar-refractivity contribution >= 4 is 28.7 Å². The second-order valence-corrected chi connectivity index (χ2v) is 4.78. The molecule has 5 heteroatoms. The second kappa shape index (κ2) is 5.36. The second-order valence-electron chi connectivity index (χ2n) is 4.40. The van der Waals surface area contributed by atoms with Gasteiger partial charge in [0.25, 0.3) is 0 Å². The van der Waals surface area contributed by atoms with Crippen LogP contribution in [0.4, 0.5) is 21.5 Å². The first kappa shape index (κ1) is 13.5. The highest BCUT2D eigenvalue weighted by Gasteiger charge is 2.13. The van der Waals surface area contributed by atoms with E-state index in [4.69, 9.17) is 23.1 Å². The number of nitrogen functional groups attached to an aromatic ring is 2. The summed E-state index contributed by atoms with van der Waals surface area (Å²) in [6, 6.07) is 9.37. The highest BCUT2D eigenvalue weighted by atomic mass is 35.5. The van der Waals surface area contributed by atoms with Crippen LogP contribution in [0.1, 0.15) is 11.1 Å². The van der Waals surface area contributed by atoms with E-state index in [1.165, 1.54) is 11.6 Å². The molecule has 0 aliphatic carbocycles. The standard InChI is InChI=1S/C14H15ClFN3/c1-8-2-4-9(5-3-8)7-19-14-11(18)6-10(17)12(15)13(14)16/h2-6,19H,7,17-18H2,1H3. The molecular formula is C14H15ClFN3. The maximum absolute atomic E-state index is 13.9. The van der Waals surface area contributed by atoms with Crippen LogP contribution in [0.25, 0.3) is 0 Å². The topological polar surface area (TPSA) is 64.1 Å². The van der Waals surface area contributed by atoms with Crippen molar-refractivity contribution in [3.63, 3.8) is 0 Å². The van der Waals surface area contributed by atoms with Gasteiger partial charge in [-0.3, -0.25) is 0 Å². The summed E-state index contributed by atoms with van der Waals surface area (Å²) in [5.74, 6) is -0.619. The smallest absolute Gasteiger partial charge is 0.169 e. The lowest BCUT2D eigenvalue weighted by atomic mass is 10.1. The Kier molecular flexibility index (Phi) is 3.81. The SMILES string of the molecule is Cc1ccc(CNc2c(N)cc(N)c(Cl)c2F)cc1. The van der Waals surface area contributed by atoms with Crippen LogP contribution >= 0.6 is 11.6 Å². The molecule has 0 radical (unpaired) electrons. The van der Waals surface area contributed by atoms with Crippen LogP contribution in [0.15, 0.2) is 30.3 Å². The van der Waals surface area contributed by atoms with Gasteiger partial charge in [0.1, 0.15) is 5.02 Å². The quantitative estimate of drug-likeness (QED) is 0.753. The molecule has 5 N–H and O–H groups in total. The molecule has 0 heterocycles. The van der Waals surface area contributed by atoms with Crippen LogP contribution in [0.2, 0.25) is 5.02 Å². The van der Waals surface area contributed by atoms with Crippen LogP contribution in [-0.2, 0) is 6.54 Å². The zero-order chi connectivity index (χ0) is 14.0. The van der Waals surface area contributed by atoms with Crippen LogP contribution in [-0.4, -0.2) is 0 Å². The van der Waals surface area contributed by atoms with E-state index >= 15 is 0 Å². The summed E-state index contributed by atoms with van der Waals surface area (Å²) in [4.78, 5) is 0. The molecule has 2 aromatic rings. The summed E-state index contributed by atoms with van der Waals surface area (Å²) in [6.07, 6.45) is 0. The van der Waals surface area contributed by atoms with E-state index in [0.717, 1.165) is 5.56 Å². The lowest BCUT2D eigenvalue weighted by molar-refractivity contribution is 0.632. The molecule has 0 saturated heterocycles. The maximum atomic E-state index is 13.9. The molecule has 0 amide bonds. The Hall–Kier alpha value is -1.94. The molecule has 2 aromatic carbocycles. The van der Waals surface area contributed by atoms with E-state index in [9.17, 15) is 4.39 Å². The van der Waals surface area contributed by atoms with Crippen molar-refractivity contribution in [2.75, 3.05) is 16.8 Å². The first-order valence-electron chi connectivity index (χ1n) is 5.81. The summed E-state index contributed by atoms with van der Waals surface area (Å²) >= 11 is 5.76. The number of anilines is 3. The van der Waals surface area contributed by atoms with Gasteiger partial charge >= 0.3 is 0 Å². The normalized spacial score (nSPS) is 10.5. The molecule has 19 heavy (non-hydrogen) atoms. The predicted molar refractivity (Wildman–Crippen MR) is 78.7 cm³/mol.